The number of aromatic nitrogens is 2. The molecule has 5 heteroatoms. The molecule has 2 aromatic rings. The Labute approximate surface area is 82.2 Å². The van der Waals surface area contributed by atoms with E-state index in [1.807, 2.05) is 12.1 Å². The van der Waals surface area contributed by atoms with Crippen LogP contribution in [0.25, 0.3) is 10.9 Å². The van der Waals surface area contributed by atoms with Crippen LogP contribution in [0.5, 0.6) is 0 Å². The first kappa shape index (κ1) is 8.25. The van der Waals surface area contributed by atoms with E-state index >= 15 is 0 Å². The van der Waals surface area contributed by atoms with Crippen LogP contribution in [0.3, 0.4) is 0 Å². The maximum Gasteiger partial charge on any atom is 0.267 e. The Bertz CT molecular complexity index is 477. The lowest BCUT2D eigenvalue weighted by Gasteiger charge is -1.91. The molecule has 0 spiro atoms. The van der Waals surface area contributed by atoms with Crippen LogP contribution in [0.15, 0.2) is 22.7 Å². The molecule has 1 amide bonds. The molecule has 1 heterocycles. The minimum atomic E-state index is -0.499. The normalized spacial score (nSPS) is 10.5. The number of amides is 1. The SMILES string of the molecule is NC(=O)c1[nH]nc2c(Br)cccc12. The number of hydrogen-bond donors (Lipinski definition) is 2. The van der Waals surface area contributed by atoms with Gasteiger partial charge in [-0.2, -0.15) is 5.10 Å². The molecule has 3 N–H and O–H groups in total. The molecule has 4 nitrogen and oxygen atoms in total. The third-order valence-corrected chi connectivity index (χ3v) is 2.42. The first-order chi connectivity index (χ1) is 6.20. The Balaban J connectivity index is 2.83. The first-order valence-electron chi connectivity index (χ1n) is 3.62. The number of fused-ring (bicyclic) bond motifs is 1. The zero-order valence-corrected chi connectivity index (χ0v) is 8.13. The number of halogens is 1. The summed E-state index contributed by atoms with van der Waals surface area (Å²) >= 11 is 3.32. The third kappa shape index (κ3) is 1.21. The maximum absolute atomic E-state index is 10.9. The number of nitrogens with zero attached hydrogens (tertiary/aromatic N) is 1. The first-order valence-corrected chi connectivity index (χ1v) is 4.42. The highest BCUT2D eigenvalue weighted by Gasteiger charge is 2.10. The summed E-state index contributed by atoms with van der Waals surface area (Å²) in [7, 11) is 0. The Kier molecular flexibility index (Phi) is 1.81. The van der Waals surface area contributed by atoms with Crippen molar-refractivity contribution in [2.75, 3.05) is 0 Å². The number of rotatable bonds is 1. The molecule has 1 aromatic carbocycles. The van der Waals surface area contributed by atoms with E-state index in [-0.39, 0.29) is 0 Å². The molecule has 13 heavy (non-hydrogen) atoms. The average Bonchev–Trinajstić information content (AvgIpc) is 2.48. The molecule has 0 fully saturated rings. The summed E-state index contributed by atoms with van der Waals surface area (Å²) in [5.41, 5.74) is 6.21. The van der Waals surface area contributed by atoms with Gasteiger partial charge < -0.3 is 5.73 Å². The van der Waals surface area contributed by atoms with Crippen LogP contribution in [0.1, 0.15) is 10.5 Å². The lowest BCUT2D eigenvalue weighted by atomic mass is 10.2. The smallest absolute Gasteiger partial charge is 0.267 e. The highest BCUT2D eigenvalue weighted by atomic mass is 79.9. The molecule has 0 saturated heterocycles. The van der Waals surface area contributed by atoms with Crippen LogP contribution in [0.2, 0.25) is 0 Å². The fourth-order valence-electron chi connectivity index (χ4n) is 1.19. The van der Waals surface area contributed by atoms with Crippen molar-refractivity contribution in [3.63, 3.8) is 0 Å². The van der Waals surface area contributed by atoms with Gasteiger partial charge in [-0.1, -0.05) is 12.1 Å². The summed E-state index contributed by atoms with van der Waals surface area (Å²) in [4.78, 5) is 10.9. The molecular weight excluding hydrogens is 234 g/mol. The highest BCUT2D eigenvalue weighted by Crippen LogP contribution is 2.23. The molecule has 0 aliphatic carbocycles. The number of H-pyrrole nitrogens is 1. The van der Waals surface area contributed by atoms with Crippen molar-refractivity contribution in [3.8, 4) is 0 Å². The molecule has 0 unspecified atom stereocenters. The molecule has 0 radical (unpaired) electrons. The number of carbonyl (C=O) groups excluding carboxylic acids is 1. The van der Waals surface area contributed by atoms with E-state index in [1.165, 1.54) is 0 Å². The van der Waals surface area contributed by atoms with Crippen LogP contribution < -0.4 is 5.73 Å². The van der Waals surface area contributed by atoms with Gasteiger partial charge in [0.15, 0.2) is 0 Å². The van der Waals surface area contributed by atoms with Gasteiger partial charge in [-0.05, 0) is 22.0 Å². The van der Waals surface area contributed by atoms with E-state index in [0.29, 0.717) is 5.69 Å². The number of carbonyl (C=O) groups is 1. The molecular formula is C8H6BrN3O. The molecule has 0 saturated carbocycles. The van der Waals surface area contributed by atoms with E-state index in [9.17, 15) is 4.79 Å². The van der Waals surface area contributed by atoms with Crippen molar-refractivity contribution in [2.24, 2.45) is 5.73 Å². The highest BCUT2D eigenvalue weighted by molar-refractivity contribution is 9.10. The van der Waals surface area contributed by atoms with Crippen LogP contribution >= 0.6 is 15.9 Å². The molecule has 0 bridgehead atoms. The van der Waals surface area contributed by atoms with Crippen molar-refractivity contribution < 1.29 is 4.79 Å². The number of nitrogens with one attached hydrogen (secondary N) is 1. The van der Waals surface area contributed by atoms with Crippen LogP contribution in [-0.4, -0.2) is 16.1 Å². The van der Waals surface area contributed by atoms with E-state index < -0.39 is 5.91 Å². The van der Waals surface area contributed by atoms with E-state index in [1.54, 1.807) is 6.07 Å². The molecule has 0 aliphatic heterocycles. The van der Waals surface area contributed by atoms with Gasteiger partial charge in [0.05, 0.1) is 0 Å². The van der Waals surface area contributed by atoms with Gasteiger partial charge in [0.25, 0.3) is 5.91 Å². The zero-order valence-electron chi connectivity index (χ0n) is 6.54. The standard InChI is InChI=1S/C8H6BrN3O/c9-5-3-1-2-4-6(5)11-12-7(4)8(10)13/h1-3H,(H2,10,13)(H,11,12). The lowest BCUT2D eigenvalue weighted by molar-refractivity contribution is 0.0997. The largest absolute Gasteiger partial charge is 0.364 e. The van der Waals surface area contributed by atoms with Crippen molar-refractivity contribution >= 4 is 32.7 Å². The molecule has 0 aliphatic rings. The summed E-state index contributed by atoms with van der Waals surface area (Å²) in [5, 5.41) is 7.30. The number of hydrogen-bond acceptors (Lipinski definition) is 2. The average molecular weight is 240 g/mol. The van der Waals surface area contributed by atoms with Crippen molar-refractivity contribution in [2.45, 2.75) is 0 Å². The second kappa shape index (κ2) is 2.85. The van der Waals surface area contributed by atoms with E-state index in [4.69, 9.17) is 5.73 Å². The summed E-state index contributed by atoms with van der Waals surface area (Å²) in [6, 6.07) is 5.48. The van der Waals surface area contributed by atoms with Crippen molar-refractivity contribution in [3.05, 3.63) is 28.4 Å². The molecule has 66 valence electrons. The van der Waals surface area contributed by atoms with Gasteiger partial charge in [0.1, 0.15) is 11.2 Å². The summed E-state index contributed by atoms with van der Waals surface area (Å²) in [6.45, 7) is 0. The summed E-state index contributed by atoms with van der Waals surface area (Å²) < 4.78 is 0.841. The minimum Gasteiger partial charge on any atom is -0.364 e. The van der Waals surface area contributed by atoms with Gasteiger partial charge in [0.2, 0.25) is 0 Å². The van der Waals surface area contributed by atoms with Crippen molar-refractivity contribution in [1.29, 1.82) is 0 Å². The van der Waals surface area contributed by atoms with Gasteiger partial charge in [-0.3, -0.25) is 9.89 Å². The van der Waals surface area contributed by atoms with Gasteiger partial charge in [-0.15, -0.1) is 0 Å². The quantitative estimate of drug-likeness (QED) is 0.791. The Morgan fingerprint density at radius 1 is 1.54 bits per heavy atom. The number of para-hydroxylation sites is 1. The Morgan fingerprint density at radius 2 is 2.31 bits per heavy atom. The third-order valence-electron chi connectivity index (χ3n) is 1.78. The number of aromatic amines is 1. The Morgan fingerprint density at radius 3 is 3.00 bits per heavy atom. The number of benzene rings is 1. The lowest BCUT2D eigenvalue weighted by Crippen LogP contribution is -2.11. The minimum absolute atomic E-state index is 0.344. The molecule has 2 rings (SSSR count). The van der Waals surface area contributed by atoms with Crippen LogP contribution in [-0.2, 0) is 0 Å². The van der Waals surface area contributed by atoms with Crippen LogP contribution in [0, 0.1) is 0 Å². The van der Waals surface area contributed by atoms with Gasteiger partial charge in [0, 0.05) is 9.86 Å². The molecule has 1 aromatic heterocycles. The van der Waals surface area contributed by atoms with Crippen molar-refractivity contribution in [1.82, 2.24) is 10.2 Å². The predicted octanol–water partition coefficient (Wildman–Crippen LogP) is 1.42. The summed E-state index contributed by atoms with van der Waals surface area (Å²) in [5.74, 6) is -0.499. The number of nitrogens with two attached hydrogens (primary N) is 1. The topological polar surface area (TPSA) is 71.8 Å². The van der Waals surface area contributed by atoms with Crippen LogP contribution in [0.4, 0.5) is 0 Å². The van der Waals surface area contributed by atoms with E-state index in [2.05, 4.69) is 26.1 Å². The monoisotopic (exact) mass is 239 g/mol. The Hall–Kier alpha value is -1.36. The number of primary amides is 1. The molecule has 0 atom stereocenters. The van der Waals surface area contributed by atoms with E-state index in [0.717, 1.165) is 15.4 Å². The fraction of sp³-hybridized carbons (Fsp3) is 0. The summed E-state index contributed by atoms with van der Waals surface area (Å²) in [6.07, 6.45) is 0. The fourth-order valence-corrected chi connectivity index (χ4v) is 1.65. The van der Waals surface area contributed by atoms with Gasteiger partial charge >= 0.3 is 0 Å². The van der Waals surface area contributed by atoms with Gasteiger partial charge in [-0.25, -0.2) is 0 Å². The predicted molar refractivity (Wildman–Crippen MR) is 52.3 cm³/mol. The zero-order chi connectivity index (χ0) is 9.42. The second-order valence-corrected chi connectivity index (χ2v) is 3.45. The maximum atomic E-state index is 10.9. The second-order valence-electron chi connectivity index (χ2n) is 2.60.